The minimum atomic E-state index is 0.531. The number of aryl methyl sites for hydroxylation is 1. The van der Waals surface area contributed by atoms with Gasteiger partial charge in [0.05, 0.1) is 6.20 Å². The number of aromatic amines is 1. The van der Waals surface area contributed by atoms with Gasteiger partial charge in [-0.1, -0.05) is 30.3 Å². The Morgan fingerprint density at radius 2 is 2.10 bits per heavy atom. The standard InChI is InChI=1S/C17H18N4/c1-2-4-12(5-3-1)9-18-14-6-7-15-13(8-14)10-19-17-16(15)11-20-21-17/h1-5,10-11,14,18H,6-9H2,(H,19,20,21). The average Bonchev–Trinajstić information content (AvgIpc) is 3.02. The maximum atomic E-state index is 4.46. The molecular formula is C17H18N4. The molecule has 0 saturated heterocycles. The molecule has 21 heavy (non-hydrogen) atoms. The van der Waals surface area contributed by atoms with Crippen molar-refractivity contribution in [2.45, 2.75) is 31.8 Å². The predicted molar refractivity (Wildman–Crippen MR) is 83.0 cm³/mol. The Bertz CT molecular complexity index is 748. The van der Waals surface area contributed by atoms with Crippen LogP contribution in [-0.4, -0.2) is 21.2 Å². The summed E-state index contributed by atoms with van der Waals surface area (Å²) in [6.45, 7) is 0.933. The molecule has 2 N–H and O–H groups in total. The maximum absolute atomic E-state index is 4.46. The molecular weight excluding hydrogens is 260 g/mol. The molecule has 1 unspecified atom stereocenters. The van der Waals surface area contributed by atoms with Crippen molar-refractivity contribution in [1.82, 2.24) is 20.5 Å². The Kier molecular flexibility index (Phi) is 3.16. The van der Waals surface area contributed by atoms with Crippen LogP contribution in [0.3, 0.4) is 0 Å². The van der Waals surface area contributed by atoms with Gasteiger partial charge in [0.1, 0.15) is 0 Å². The third kappa shape index (κ3) is 2.43. The average molecular weight is 278 g/mol. The second-order valence-electron chi connectivity index (χ2n) is 5.70. The highest BCUT2D eigenvalue weighted by molar-refractivity contribution is 5.79. The molecule has 2 heterocycles. The van der Waals surface area contributed by atoms with E-state index in [1.54, 1.807) is 0 Å². The second-order valence-corrected chi connectivity index (χ2v) is 5.70. The predicted octanol–water partition coefficient (Wildman–Crippen LogP) is 2.61. The molecule has 4 nitrogen and oxygen atoms in total. The molecule has 3 aromatic rings. The summed E-state index contributed by atoms with van der Waals surface area (Å²) in [4.78, 5) is 4.46. The van der Waals surface area contributed by atoms with Gasteiger partial charge < -0.3 is 5.32 Å². The van der Waals surface area contributed by atoms with Gasteiger partial charge in [0.2, 0.25) is 0 Å². The molecule has 1 aliphatic rings. The number of nitrogens with zero attached hydrogens (tertiary/aromatic N) is 2. The Morgan fingerprint density at radius 3 is 3.00 bits per heavy atom. The third-order valence-corrected chi connectivity index (χ3v) is 4.33. The molecule has 1 aromatic carbocycles. The van der Waals surface area contributed by atoms with Gasteiger partial charge in [0, 0.05) is 24.2 Å². The van der Waals surface area contributed by atoms with Crippen molar-refractivity contribution in [3.63, 3.8) is 0 Å². The van der Waals surface area contributed by atoms with Gasteiger partial charge in [0.25, 0.3) is 0 Å². The number of benzene rings is 1. The van der Waals surface area contributed by atoms with Crippen LogP contribution in [0, 0.1) is 0 Å². The Morgan fingerprint density at radius 1 is 1.19 bits per heavy atom. The van der Waals surface area contributed by atoms with Crippen LogP contribution in [-0.2, 0) is 19.4 Å². The van der Waals surface area contributed by atoms with E-state index >= 15 is 0 Å². The number of hydrogen-bond donors (Lipinski definition) is 2. The van der Waals surface area contributed by atoms with E-state index < -0.39 is 0 Å². The van der Waals surface area contributed by atoms with Crippen LogP contribution >= 0.6 is 0 Å². The Hall–Kier alpha value is -2.20. The quantitative estimate of drug-likeness (QED) is 0.774. The van der Waals surface area contributed by atoms with E-state index in [9.17, 15) is 0 Å². The Balaban J connectivity index is 1.49. The normalized spacial score (nSPS) is 17.8. The van der Waals surface area contributed by atoms with Gasteiger partial charge in [-0.3, -0.25) is 5.10 Å². The number of hydrogen-bond acceptors (Lipinski definition) is 3. The fourth-order valence-corrected chi connectivity index (χ4v) is 3.18. The van der Waals surface area contributed by atoms with Crippen LogP contribution in [0.15, 0.2) is 42.7 Å². The molecule has 0 spiro atoms. The Labute approximate surface area is 123 Å². The second kappa shape index (κ2) is 5.30. The zero-order valence-corrected chi connectivity index (χ0v) is 11.8. The highest BCUT2D eigenvalue weighted by Gasteiger charge is 2.21. The van der Waals surface area contributed by atoms with Crippen molar-refractivity contribution >= 4 is 11.0 Å². The zero-order valence-electron chi connectivity index (χ0n) is 11.8. The van der Waals surface area contributed by atoms with Crippen molar-refractivity contribution < 1.29 is 0 Å². The number of H-pyrrole nitrogens is 1. The SMILES string of the molecule is c1ccc(CNC2CCc3c(cnc4[nH]ncc34)C2)cc1. The lowest BCUT2D eigenvalue weighted by atomic mass is 9.88. The third-order valence-electron chi connectivity index (χ3n) is 4.33. The van der Waals surface area contributed by atoms with Crippen molar-refractivity contribution in [3.05, 3.63) is 59.4 Å². The summed E-state index contributed by atoms with van der Waals surface area (Å²) in [7, 11) is 0. The number of nitrogens with one attached hydrogen (secondary N) is 2. The summed E-state index contributed by atoms with van der Waals surface area (Å²) in [5, 5.41) is 11.9. The first-order chi connectivity index (χ1) is 10.4. The number of pyridine rings is 1. The van der Waals surface area contributed by atoms with E-state index in [2.05, 4.69) is 50.8 Å². The molecule has 1 aliphatic carbocycles. The lowest BCUT2D eigenvalue weighted by Gasteiger charge is -2.25. The summed E-state index contributed by atoms with van der Waals surface area (Å²) in [6.07, 6.45) is 7.23. The van der Waals surface area contributed by atoms with E-state index in [4.69, 9.17) is 0 Å². The van der Waals surface area contributed by atoms with Crippen molar-refractivity contribution in [2.75, 3.05) is 0 Å². The minimum absolute atomic E-state index is 0.531. The van der Waals surface area contributed by atoms with Gasteiger partial charge in [-0.15, -0.1) is 0 Å². The fourth-order valence-electron chi connectivity index (χ4n) is 3.18. The highest BCUT2D eigenvalue weighted by Crippen LogP contribution is 2.26. The summed E-state index contributed by atoms with van der Waals surface area (Å²) < 4.78 is 0. The number of aromatic nitrogens is 3. The van der Waals surface area contributed by atoms with Crippen molar-refractivity contribution in [2.24, 2.45) is 0 Å². The van der Waals surface area contributed by atoms with Gasteiger partial charge in [-0.05, 0) is 36.0 Å². The highest BCUT2D eigenvalue weighted by atomic mass is 15.1. The summed E-state index contributed by atoms with van der Waals surface area (Å²) in [6, 6.07) is 11.1. The summed E-state index contributed by atoms with van der Waals surface area (Å²) in [5.74, 6) is 0. The zero-order chi connectivity index (χ0) is 14.1. The summed E-state index contributed by atoms with van der Waals surface area (Å²) in [5.41, 5.74) is 5.03. The van der Waals surface area contributed by atoms with Gasteiger partial charge >= 0.3 is 0 Å². The molecule has 1 atom stereocenters. The van der Waals surface area contributed by atoms with Gasteiger partial charge in [-0.2, -0.15) is 5.10 Å². The summed E-state index contributed by atoms with van der Waals surface area (Å²) >= 11 is 0. The van der Waals surface area contributed by atoms with E-state index in [-0.39, 0.29) is 0 Å². The first kappa shape index (κ1) is 12.5. The molecule has 0 aliphatic heterocycles. The van der Waals surface area contributed by atoms with E-state index in [0.29, 0.717) is 6.04 Å². The molecule has 4 rings (SSSR count). The van der Waals surface area contributed by atoms with Crippen LogP contribution in [0.2, 0.25) is 0 Å². The fraction of sp³-hybridized carbons (Fsp3) is 0.294. The topological polar surface area (TPSA) is 53.6 Å². The van der Waals surface area contributed by atoms with Crippen LogP contribution in [0.4, 0.5) is 0 Å². The van der Waals surface area contributed by atoms with Crippen molar-refractivity contribution in [1.29, 1.82) is 0 Å². The first-order valence-electron chi connectivity index (χ1n) is 7.47. The monoisotopic (exact) mass is 278 g/mol. The molecule has 2 aromatic heterocycles. The molecule has 0 fully saturated rings. The number of rotatable bonds is 3. The minimum Gasteiger partial charge on any atom is -0.310 e. The van der Waals surface area contributed by atoms with Crippen LogP contribution in [0.25, 0.3) is 11.0 Å². The van der Waals surface area contributed by atoms with E-state index in [1.807, 2.05) is 12.4 Å². The molecule has 106 valence electrons. The van der Waals surface area contributed by atoms with Crippen LogP contribution in [0.5, 0.6) is 0 Å². The molecule has 0 radical (unpaired) electrons. The van der Waals surface area contributed by atoms with Crippen molar-refractivity contribution in [3.8, 4) is 0 Å². The number of fused-ring (bicyclic) bond motifs is 3. The largest absolute Gasteiger partial charge is 0.310 e. The molecule has 0 bridgehead atoms. The molecule has 0 amide bonds. The van der Waals surface area contributed by atoms with Crippen LogP contribution < -0.4 is 5.32 Å². The molecule has 4 heteroatoms. The lowest BCUT2D eigenvalue weighted by Crippen LogP contribution is -2.34. The molecule has 0 saturated carbocycles. The van der Waals surface area contributed by atoms with Crippen LogP contribution in [0.1, 0.15) is 23.1 Å². The smallest absolute Gasteiger partial charge is 0.155 e. The first-order valence-corrected chi connectivity index (χ1v) is 7.47. The van der Waals surface area contributed by atoms with Gasteiger partial charge in [0.15, 0.2) is 5.65 Å². The maximum Gasteiger partial charge on any atom is 0.155 e. The van der Waals surface area contributed by atoms with E-state index in [1.165, 1.54) is 28.5 Å². The van der Waals surface area contributed by atoms with E-state index in [0.717, 1.165) is 25.0 Å². The van der Waals surface area contributed by atoms with Gasteiger partial charge in [-0.25, -0.2) is 4.98 Å². The lowest BCUT2D eigenvalue weighted by molar-refractivity contribution is 0.458.